The molecule has 4 heterocycles. The third-order valence-corrected chi connectivity index (χ3v) is 8.79. The predicted octanol–water partition coefficient (Wildman–Crippen LogP) is 6.11. The number of hydrogen-bond donors (Lipinski definition) is 2. The van der Waals surface area contributed by atoms with Gasteiger partial charge in [0.25, 0.3) is 0 Å². The molecule has 2 aliphatic carbocycles. The fourth-order valence-corrected chi connectivity index (χ4v) is 6.87. The summed E-state index contributed by atoms with van der Waals surface area (Å²) >= 11 is 0. The number of pyridine rings is 2. The fraction of sp³-hybridized carbons (Fsp3) is 0.212. The maximum Gasteiger partial charge on any atom is 0.167 e. The van der Waals surface area contributed by atoms with E-state index in [1.165, 1.54) is 22.3 Å². The van der Waals surface area contributed by atoms with Gasteiger partial charge in [-0.25, -0.2) is 19.6 Å². The SMILES string of the molecule is Nc1ncccc1-c1nc2ccc(-n3cccn3)nc2n1-c1ccc2c(c1)CC[C@@H]2CC1CCc2cc(O)ccc21. The highest BCUT2D eigenvalue weighted by Crippen LogP contribution is 2.45. The number of hydrogen-bond acceptors (Lipinski definition) is 6. The van der Waals surface area contributed by atoms with Crippen molar-refractivity contribution < 1.29 is 5.11 Å². The molecule has 2 aromatic carbocycles. The van der Waals surface area contributed by atoms with E-state index in [0.29, 0.717) is 23.4 Å². The Balaban J connectivity index is 1.20. The van der Waals surface area contributed by atoms with E-state index >= 15 is 0 Å². The van der Waals surface area contributed by atoms with Gasteiger partial charge in [-0.15, -0.1) is 0 Å². The molecule has 202 valence electrons. The first-order valence-electron chi connectivity index (χ1n) is 14.2. The zero-order valence-corrected chi connectivity index (χ0v) is 22.5. The second-order valence-corrected chi connectivity index (χ2v) is 11.1. The second kappa shape index (κ2) is 9.30. The Kier molecular flexibility index (Phi) is 5.41. The quantitative estimate of drug-likeness (QED) is 0.274. The van der Waals surface area contributed by atoms with Crippen molar-refractivity contribution in [2.24, 2.45) is 0 Å². The highest BCUT2D eigenvalue weighted by atomic mass is 16.3. The minimum Gasteiger partial charge on any atom is -0.508 e. The fourth-order valence-electron chi connectivity index (χ4n) is 6.87. The van der Waals surface area contributed by atoms with Gasteiger partial charge in [-0.3, -0.25) is 4.57 Å². The number of rotatable bonds is 5. The molecular formula is C33H29N7O. The summed E-state index contributed by atoms with van der Waals surface area (Å²) in [7, 11) is 0. The lowest BCUT2D eigenvalue weighted by Crippen LogP contribution is -2.05. The van der Waals surface area contributed by atoms with Gasteiger partial charge in [0.1, 0.15) is 17.1 Å². The summed E-state index contributed by atoms with van der Waals surface area (Å²) in [4.78, 5) is 14.3. The smallest absolute Gasteiger partial charge is 0.167 e. The van der Waals surface area contributed by atoms with Crippen molar-refractivity contribution >= 4 is 17.0 Å². The van der Waals surface area contributed by atoms with Crippen molar-refractivity contribution in [3.63, 3.8) is 0 Å². The lowest BCUT2D eigenvalue weighted by Gasteiger charge is -2.19. The predicted molar refractivity (Wildman–Crippen MR) is 158 cm³/mol. The molecule has 0 amide bonds. The van der Waals surface area contributed by atoms with Crippen molar-refractivity contribution in [2.45, 2.75) is 43.9 Å². The summed E-state index contributed by atoms with van der Waals surface area (Å²) in [6.07, 6.45) is 10.9. The van der Waals surface area contributed by atoms with Crippen LogP contribution in [0.2, 0.25) is 0 Å². The summed E-state index contributed by atoms with van der Waals surface area (Å²) in [6, 6.07) is 22.3. The molecule has 0 saturated carbocycles. The zero-order chi connectivity index (χ0) is 27.5. The van der Waals surface area contributed by atoms with Crippen molar-refractivity contribution in [2.75, 3.05) is 5.73 Å². The molecule has 0 spiro atoms. The Morgan fingerprint density at radius 2 is 1.66 bits per heavy atom. The highest BCUT2D eigenvalue weighted by Gasteiger charge is 2.30. The Labute approximate surface area is 237 Å². The summed E-state index contributed by atoms with van der Waals surface area (Å²) in [5.41, 5.74) is 15.2. The molecule has 2 atom stereocenters. The molecule has 0 fully saturated rings. The van der Waals surface area contributed by atoms with Gasteiger partial charge in [-0.2, -0.15) is 5.10 Å². The van der Waals surface area contributed by atoms with Crippen LogP contribution in [-0.4, -0.2) is 34.4 Å². The van der Waals surface area contributed by atoms with Crippen LogP contribution in [0.15, 0.2) is 85.3 Å². The molecule has 0 aliphatic heterocycles. The van der Waals surface area contributed by atoms with Gasteiger partial charge in [-0.05, 0) is 121 Å². The number of nitrogens with zero attached hydrogens (tertiary/aromatic N) is 6. The van der Waals surface area contributed by atoms with Crippen molar-refractivity contribution in [3.05, 3.63) is 108 Å². The molecule has 3 N–H and O–H groups in total. The van der Waals surface area contributed by atoms with Gasteiger partial charge >= 0.3 is 0 Å². The average molecular weight is 540 g/mol. The molecule has 0 saturated heterocycles. The maximum atomic E-state index is 9.91. The number of fused-ring (bicyclic) bond motifs is 3. The monoisotopic (exact) mass is 539 g/mol. The third-order valence-electron chi connectivity index (χ3n) is 8.79. The number of aromatic nitrogens is 6. The maximum absolute atomic E-state index is 9.91. The van der Waals surface area contributed by atoms with Gasteiger partial charge in [0.05, 0.1) is 5.56 Å². The molecule has 0 radical (unpaired) electrons. The van der Waals surface area contributed by atoms with E-state index in [0.717, 1.165) is 66.2 Å². The van der Waals surface area contributed by atoms with Crippen LogP contribution >= 0.6 is 0 Å². The summed E-state index contributed by atoms with van der Waals surface area (Å²) in [5.74, 6) is 3.32. The lowest BCUT2D eigenvalue weighted by molar-refractivity contribution is 0.474. The van der Waals surface area contributed by atoms with Crippen molar-refractivity contribution in [1.82, 2.24) is 29.3 Å². The number of phenols is 1. The molecule has 4 aromatic heterocycles. The van der Waals surface area contributed by atoms with Crippen molar-refractivity contribution in [3.8, 4) is 28.6 Å². The Bertz CT molecular complexity index is 1920. The van der Waals surface area contributed by atoms with Gasteiger partial charge in [-0.1, -0.05) is 12.1 Å². The number of nitrogens with two attached hydrogens (primary N) is 1. The lowest BCUT2D eigenvalue weighted by atomic mass is 9.87. The number of imidazole rings is 1. The Morgan fingerprint density at radius 3 is 2.44 bits per heavy atom. The largest absolute Gasteiger partial charge is 0.508 e. The van der Waals surface area contributed by atoms with Crippen LogP contribution in [-0.2, 0) is 12.8 Å². The molecule has 41 heavy (non-hydrogen) atoms. The van der Waals surface area contributed by atoms with Gasteiger partial charge < -0.3 is 10.8 Å². The number of anilines is 1. The van der Waals surface area contributed by atoms with E-state index in [1.807, 2.05) is 48.7 Å². The van der Waals surface area contributed by atoms with Crippen LogP contribution in [0.1, 0.15) is 53.4 Å². The molecule has 1 unspecified atom stereocenters. The molecule has 8 heteroatoms. The topological polar surface area (TPSA) is 108 Å². The summed E-state index contributed by atoms with van der Waals surface area (Å²) in [5, 5.41) is 14.3. The molecule has 0 bridgehead atoms. The first-order chi connectivity index (χ1) is 20.1. The standard InChI is InChI=1S/C33H29N7O/c34-31-28(3-1-14-35-31)32-37-29-12-13-30(39-16-2-15-36-39)38-33(29)40(32)24-8-10-26-20(4-6-22(26)18-24)17-21-5-7-23-19-25(41)9-11-27(21)23/h1-3,8-16,18-21,41H,4-7,17H2,(H2,34,35)/t20-,21?/m1/s1. The first kappa shape index (κ1) is 23.9. The zero-order valence-electron chi connectivity index (χ0n) is 22.5. The first-order valence-corrected chi connectivity index (χ1v) is 14.2. The molecule has 6 aromatic rings. The van der Waals surface area contributed by atoms with Crippen LogP contribution in [0.5, 0.6) is 5.75 Å². The Morgan fingerprint density at radius 1 is 0.854 bits per heavy atom. The van der Waals surface area contributed by atoms with Gasteiger partial charge in [0.15, 0.2) is 17.3 Å². The molecular weight excluding hydrogens is 510 g/mol. The van der Waals surface area contributed by atoms with E-state index in [1.54, 1.807) is 17.1 Å². The summed E-state index contributed by atoms with van der Waals surface area (Å²) in [6.45, 7) is 0. The van der Waals surface area contributed by atoms with Crippen LogP contribution < -0.4 is 5.73 Å². The number of phenolic OH excluding ortho intramolecular Hbond substituents is 1. The van der Waals surface area contributed by atoms with Crippen LogP contribution in [0.3, 0.4) is 0 Å². The van der Waals surface area contributed by atoms with E-state index < -0.39 is 0 Å². The van der Waals surface area contributed by atoms with E-state index in [2.05, 4.69) is 38.9 Å². The molecule has 8 rings (SSSR count). The number of aromatic hydroxyl groups is 1. The molecule has 8 nitrogen and oxygen atoms in total. The van der Waals surface area contributed by atoms with Gasteiger partial charge in [0, 0.05) is 24.3 Å². The van der Waals surface area contributed by atoms with E-state index in [4.69, 9.17) is 15.7 Å². The van der Waals surface area contributed by atoms with Crippen molar-refractivity contribution in [1.29, 1.82) is 0 Å². The van der Waals surface area contributed by atoms with Crippen LogP contribution in [0, 0.1) is 0 Å². The van der Waals surface area contributed by atoms with E-state index in [-0.39, 0.29) is 0 Å². The Hall–Kier alpha value is -4.98. The normalized spacial score (nSPS) is 17.7. The average Bonchev–Trinajstić information content (AvgIpc) is 3.79. The molecule has 2 aliphatic rings. The number of benzene rings is 2. The number of nitrogen functional groups attached to an aromatic ring is 1. The summed E-state index contributed by atoms with van der Waals surface area (Å²) < 4.78 is 3.85. The van der Waals surface area contributed by atoms with Crippen LogP contribution in [0.4, 0.5) is 5.82 Å². The minimum atomic E-state index is 0.369. The minimum absolute atomic E-state index is 0.369. The number of aryl methyl sites for hydroxylation is 2. The van der Waals surface area contributed by atoms with Gasteiger partial charge in [0.2, 0.25) is 0 Å². The van der Waals surface area contributed by atoms with Crippen LogP contribution in [0.25, 0.3) is 34.1 Å². The third kappa shape index (κ3) is 3.97. The highest BCUT2D eigenvalue weighted by molar-refractivity contribution is 5.83. The second-order valence-electron chi connectivity index (χ2n) is 11.1. The van der Waals surface area contributed by atoms with E-state index in [9.17, 15) is 5.11 Å².